The molecule has 70 valence electrons. The Balaban J connectivity index is 2.14. The Morgan fingerprint density at radius 3 is 3.15 bits per heavy atom. The Labute approximate surface area is 82.1 Å². The summed E-state index contributed by atoms with van der Waals surface area (Å²) in [4.78, 5) is 4.03. The Kier molecular flexibility index (Phi) is 2.78. The van der Waals surface area contributed by atoms with Gasteiger partial charge in [0.15, 0.2) is 0 Å². The standard InChI is InChI=1S/C9H11ClN2O/c10-8-3-7(4-11-5-8)9-6-13-2-1-12-9/h3-5,9,12H,1-2,6H2. The molecule has 13 heavy (non-hydrogen) atoms. The minimum Gasteiger partial charge on any atom is -0.378 e. The number of morpholine rings is 1. The Bertz CT molecular complexity index is 287. The number of hydrogen-bond donors (Lipinski definition) is 1. The van der Waals surface area contributed by atoms with Crippen LogP contribution >= 0.6 is 11.6 Å². The molecular weight excluding hydrogens is 188 g/mol. The van der Waals surface area contributed by atoms with E-state index in [2.05, 4.69) is 10.3 Å². The van der Waals surface area contributed by atoms with Gasteiger partial charge >= 0.3 is 0 Å². The Hall–Kier alpha value is -0.640. The molecule has 1 aromatic heterocycles. The van der Waals surface area contributed by atoms with Gasteiger partial charge in [0, 0.05) is 18.9 Å². The summed E-state index contributed by atoms with van der Waals surface area (Å²) >= 11 is 5.83. The zero-order valence-electron chi connectivity index (χ0n) is 7.16. The first-order chi connectivity index (χ1) is 6.36. The van der Waals surface area contributed by atoms with Gasteiger partial charge in [-0.05, 0) is 11.6 Å². The lowest BCUT2D eigenvalue weighted by Crippen LogP contribution is -2.34. The van der Waals surface area contributed by atoms with Gasteiger partial charge in [0.05, 0.1) is 24.3 Å². The fraction of sp³-hybridized carbons (Fsp3) is 0.444. The van der Waals surface area contributed by atoms with Gasteiger partial charge in [-0.3, -0.25) is 4.98 Å². The first kappa shape index (κ1) is 8.94. The molecule has 0 spiro atoms. The van der Waals surface area contributed by atoms with Crippen LogP contribution in [0.2, 0.25) is 5.02 Å². The van der Waals surface area contributed by atoms with E-state index in [9.17, 15) is 0 Å². The molecule has 4 heteroatoms. The van der Waals surface area contributed by atoms with Crippen molar-refractivity contribution in [2.75, 3.05) is 19.8 Å². The topological polar surface area (TPSA) is 34.1 Å². The normalized spacial score (nSPS) is 23.0. The van der Waals surface area contributed by atoms with E-state index in [1.807, 2.05) is 12.3 Å². The smallest absolute Gasteiger partial charge is 0.0662 e. The zero-order valence-corrected chi connectivity index (χ0v) is 7.92. The maximum atomic E-state index is 5.83. The molecule has 0 amide bonds. The molecule has 2 heterocycles. The van der Waals surface area contributed by atoms with Gasteiger partial charge in [-0.2, -0.15) is 0 Å². The lowest BCUT2D eigenvalue weighted by atomic mass is 10.1. The maximum Gasteiger partial charge on any atom is 0.0662 e. The summed E-state index contributed by atoms with van der Waals surface area (Å²) in [6.07, 6.45) is 3.45. The van der Waals surface area contributed by atoms with E-state index >= 15 is 0 Å². The summed E-state index contributed by atoms with van der Waals surface area (Å²) in [6.45, 7) is 2.36. The Morgan fingerprint density at radius 1 is 1.54 bits per heavy atom. The average molecular weight is 199 g/mol. The number of nitrogens with zero attached hydrogens (tertiary/aromatic N) is 1. The van der Waals surface area contributed by atoms with Crippen molar-refractivity contribution in [1.82, 2.24) is 10.3 Å². The third-order valence-corrected chi connectivity index (χ3v) is 2.26. The number of hydrogen-bond acceptors (Lipinski definition) is 3. The molecule has 0 aliphatic carbocycles. The van der Waals surface area contributed by atoms with Crippen LogP contribution in [-0.2, 0) is 4.74 Å². The van der Waals surface area contributed by atoms with Crippen molar-refractivity contribution < 1.29 is 4.74 Å². The van der Waals surface area contributed by atoms with Crippen LogP contribution < -0.4 is 5.32 Å². The molecule has 0 aromatic carbocycles. The van der Waals surface area contributed by atoms with Crippen molar-refractivity contribution in [1.29, 1.82) is 0 Å². The highest BCUT2D eigenvalue weighted by molar-refractivity contribution is 6.30. The number of ether oxygens (including phenoxy) is 1. The highest BCUT2D eigenvalue weighted by atomic mass is 35.5. The molecule has 1 aliphatic rings. The molecule has 1 unspecified atom stereocenters. The van der Waals surface area contributed by atoms with E-state index in [1.54, 1.807) is 6.20 Å². The lowest BCUT2D eigenvalue weighted by molar-refractivity contribution is 0.0768. The van der Waals surface area contributed by atoms with Crippen LogP contribution in [0.4, 0.5) is 0 Å². The molecule has 0 radical (unpaired) electrons. The molecule has 0 bridgehead atoms. The van der Waals surface area contributed by atoms with Gasteiger partial charge in [-0.1, -0.05) is 11.6 Å². The van der Waals surface area contributed by atoms with Crippen LogP contribution in [0.5, 0.6) is 0 Å². The van der Waals surface area contributed by atoms with E-state index in [4.69, 9.17) is 16.3 Å². The molecule has 1 aromatic rings. The van der Waals surface area contributed by atoms with Crippen LogP contribution in [0, 0.1) is 0 Å². The first-order valence-electron chi connectivity index (χ1n) is 4.28. The number of halogens is 1. The quantitative estimate of drug-likeness (QED) is 0.741. The van der Waals surface area contributed by atoms with E-state index in [-0.39, 0.29) is 6.04 Å². The summed E-state index contributed by atoms with van der Waals surface area (Å²) in [7, 11) is 0. The second-order valence-electron chi connectivity index (χ2n) is 3.02. The second-order valence-corrected chi connectivity index (χ2v) is 3.45. The molecule has 1 aliphatic heterocycles. The van der Waals surface area contributed by atoms with Crippen LogP contribution in [0.15, 0.2) is 18.5 Å². The van der Waals surface area contributed by atoms with Gasteiger partial charge in [-0.15, -0.1) is 0 Å². The van der Waals surface area contributed by atoms with Gasteiger partial charge in [0.1, 0.15) is 0 Å². The predicted octanol–water partition coefficient (Wildman–Crippen LogP) is 1.40. The van der Waals surface area contributed by atoms with Crippen LogP contribution in [0.1, 0.15) is 11.6 Å². The van der Waals surface area contributed by atoms with Gasteiger partial charge in [0.2, 0.25) is 0 Å². The van der Waals surface area contributed by atoms with Crippen molar-refractivity contribution in [2.24, 2.45) is 0 Å². The highest BCUT2D eigenvalue weighted by Gasteiger charge is 2.15. The van der Waals surface area contributed by atoms with Crippen LogP contribution in [-0.4, -0.2) is 24.7 Å². The molecule has 2 rings (SSSR count). The first-order valence-corrected chi connectivity index (χ1v) is 4.65. The predicted molar refractivity (Wildman–Crippen MR) is 50.8 cm³/mol. The highest BCUT2D eigenvalue weighted by Crippen LogP contribution is 2.17. The van der Waals surface area contributed by atoms with E-state index in [0.29, 0.717) is 11.6 Å². The van der Waals surface area contributed by atoms with E-state index < -0.39 is 0 Å². The summed E-state index contributed by atoms with van der Waals surface area (Å²) in [5, 5.41) is 4.01. The minimum absolute atomic E-state index is 0.236. The van der Waals surface area contributed by atoms with Gasteiger partial charge in [-0.25, -0.2) is 0 Å². The number of nitrogens with one attached hydrogen (secondary N) is 1. The van der Waals surface area contributed by atoms with Crippen molar-refractivity contribution in [3.63, 3.8) is 0 Å². The molecule has 1 atom stereocenters. The lowest BCUT2D eigenvalue weighted by Gasteiger charge is -2.23. The van der Waals surface area contributed by atoms with Crippen molar-refractivity contribution in [3.8, 4) is 0 Å². The summed E-state index contributed by atoms with van der Waals surface area (Å²) < 4.78 is 5.34. The molecule has 0 saturated carbocycles. The van der Waals surface area contributed by atoms with Gasteiger partial charge < -0.3 is 10.1 Å². The molecular formula is C9H11ClN2O. The summed E-state index contributed by atoms with van der Waals surface area (Å²) in [5.41, 5.74) is 1.09. The summed E-state index contributed by atoms with van der Waals surface area (Å²) in [6, 6.07) is 2.15. The van der Waals surface area contributed by atoms with Crippen molar-refractivity contribution in [2.45, 2.75) is 6.04 Å². The average Bonchev–Trinajstić information content (AvgIpc) is 2.19. The third kappa shape index (κ3) is 2.18. The Morgan fingerprint density at radius 2 is 2.46 bits per heavy atom. The second kappa shape index (κ2) is 4.05. The molecule has 1 saturated heterocycles. The van der Waals surface area contributed by atoms with Crippen LogP contribution in [0.25, 0.3) is 0 Å². The fourth-order valence-corrected chi connectivity index (χ4v) is 1.58. The monoisotopic (exact) mass is 198 g/mol. The zero-order chi connectivity index (χ0) is 9.10. The third-order valence-electron chi connectivity index (χ3n) is 2.05. The van der Waals surface area contributed by atoms with E-state index in [0.717, 1.165) is 18.7 Å². The van der Waals surface area contributed by atoms with Crippen LogP contribution in [0.3, 0.4) is 0 Å². The number of pyridine rings is 1. The molecule has 3 nitrogen and oxygen atoms in total. The number of rotatable bonds is 1. The SMILES string of the molecule is Clc1cncc(C2COCCN2)c1. The fourth-order valence-electron chi connectivity index (χ4n) is 1.40. The maximum absolute atomic E-state index is 5.83. The van der Waals surface area contributed by atoms with Crippen molar-refractivity contribution >= 4 is 11.6 Å². The van der Waals surface area contributed by atoms with Crippen molar-refractivity contribution in [3.05, 3.63) is 29.0 Å². The molecule has 1 N–H and O–H groups in total. The minimum atomic E-state index is 0.236. The molecule has 1 fully saturated rings. The largest absolute Gasteiger partial charge is 0.378 e. The van der Waals surface area contributed by atoms with E-state index in [1.165, 1.54) is 0 Å². The number of aromatic nitrogens is 1. The van der Waals surface area contributed by atoms with Gasteiger partial charge in [0.25, 0.3) is 0 Å². The summed E-state index contributed by atoms with van der Waals surface area (Å²) in [5.74, 6) is 0.